The first-order chi connectivity index (χ1) is 10.3. The van der Waals surface area contributed by atoms with Crippen LogP contribution in [0.5, 0.6) is 5.75 Å². The molecular formula is C19H20O2. The molecule has 0 atom stereocenters. The maximum absolute atomic E-state index is 12.3. The number of hydrogen-bond acceptors (Lipinski definition) is 2. The Bertz CT molecular complexity index is 581. The van der Waals surface area contributed by atoms with Crippen LogP contribution in [0.4, 0.5) is 0 Å². The highest BCUT2D eigenvalue weighted by atomic mass is 16.5. The molecule has 0 radical (unpaired) electrons. The second kappa shape index (κ2) is 6.57. The molecular weight excluding hydrogens is 260 g/mol. The molecule has 1 fully saturated rings. The van der Waals surface area contributed by atoms with Gasteiger partial charge in [0.25, 0.3) is 0 Å². The molecule has 0 bridgehead atoms. The van der Waals surface area contributed by atoms with Crippen molar-refractivity contribution >= 4 is 5.78 Å². The lowest BCUT2D eigenvalue weighted by Gasteiger charge is -2.09. The van der Waals surface area contributed by atoms with Crippen molar-refractivity contribution in [2.45, 2.75) is 32.3 Å². The highest BCUT2D eigenvalue weighted by Gasteiger charge is 2.23. The average molecular weight is 280 g/mol. The van der Waals surface area contributed by atoms with E-state index in [1.807, 2.05) is 54.6 Å². The van der Waals surface area contributed by atoms with Gasteiger partial charge in [-0.1, -0.05) is 43.2 Å². The number of carbonyl (C=O) groups excluding carboxylic acids is 1. The van der Waals surface area contributed by atoms with Crippen LogP contribution in [-0.4, -0.2) is 5.78 Å². The minimum atomic E-state index is 0.237. The second-order valence-corrected chi connectivity index (χ2v) is 5.64. The first-order valence-electron chi connectivity index (χ1n) is 7.64. The molecule has 21 heavy (non-hydrogen) atoms. The molecule has 0 aromatic heterocycles. The van der Waals surface area contributed by atoms with Crippen LogP contribution in [0.2, 0.25) is 0 Å². The fraction of sp³-hybridized carbons (Fsp3) is 0.316. The number of rotatable bonds is 5. The van der Waals surface area contributed by atoms with Gasteiger partial charge in [0.1, 0.15) is 12.4 Å². The zero-order chi connectivity index (χ0) is 14.5. The fourth-order valence-corrected chi connectivity index (χ4v) is 2.88. The van der Waals surface area contributed by atoms with Crippen molar-refractivity contribution in [3.8, 4) is 5.75 Å². The third-order valence-corrected chi connectivity index (χ3v) is 4.11. The molecule has 0 heterocycles. The summed E-state index contributed by atoms with van der Waals surface area (Å²) in [6.07, 6.45) is 4.47. The number of ketones is 1. The summed E-state index contributed by atoms with van der Waals surface area (Å²) in [5, 5.41) is 0. The Morgan fingerprint density at radius 3 is 2.29 bits per heavy atom. The van der Waals surface area contributed by atoms with Crippen LogP contribution in [0.3, 0.4) is 0 Å². The van der Waals surface area contributed by atoms with E-state index < -0.39 is 0 Å². The predicted octanol–water partition coefficient (Wildman–Crippen LogP) is 4.64. The molecule has 1 saturated carbocycles. The molecule has 0 unspecified atom stereocenters. The molecule has 2 aromatic rings. The van der Waals surface area contributed by atoms with Gasteiger partial charge in [-0.15, -0.1) is 0 Å². The number of hydrogen-bond donors (Lipinski definition) is 0. The van der Waals surface area contributed by atoms with Gasteiger partial charge in [0, 0.05) is 11.5 Å². The van der Waals surface area contributed by atoms with Crippen molar-refractivity contribution in [3.05, 3.63) is 65.7 Å². The zero-order valence-corrected chi connectivity index (χ0v) is 12.1. The van der Waals surface area contributed by atoms with Crippen LogP contribution in [0.15, 0.2) is 54.6 Å². The summed E-state index contributed by atoms with van der Waals surface area (Å²) >= 11 is 0. The number of benzene rings is 2. The highest BCUT2D eigenvalue weighted by Crippen LogP contribution is 2.28. The molecule has 2 aromatic carbocycles. The van der Waals surface area contributed by atoms with Crippen LogP contribution in [0, 0.1) is 5.92 Å². The summed E-state index contributed by atoms with van der Waals surface area (Å²) < 4.78 is 5.74. The standard InChI is InChI=1S/C19H20O2/c20-19(16-8-4-5-9-16)17-10-12-18(13-11-17)21-14-15-6-2-1-3-7-15/h1-3,6-7,10-13,16H,4-5,8-9,14H2. The van der Waals surface area contributed by atoms with Crippen molar-refractivity contribution in [1.82, 2.24) is 0 Å². The van der Waals surface area contributed by atoms with Gasteiger partial charge < -0.3 is 4.74 Å². The molecule has 0 saturated heterocycles. The largest absolute Gasteiger partial charge is 0.489 e. The Balaban J connectivity index is 1.60. The van der Waals surface area contributed by atoms with Crippen LogP contribution >= 0.6 is 0 Å². The maximum Gasteiger partial charge on any atom is 0.165 e. The molecule has 3 rings (SSSR count). The van der Waals surface area contributed by atoms with Gasteiger partial charge in [0.05, 0.1) is 0 Å². The Labute approximate surface area is 125 Å². The topological polar surface area (TPSA) is 26.3 Å². The minimum Gasteiger partial charge on any atom is -0.489 e. The predicted molar refractivity (Wildman–Crippen MR) is 83.5 cm³/mol. The fourth-order valence-electron chi connectivity index (χ4n) is 2.88. The number of ether oxygens (including phenoxy) is 1. The van der Waals surface area contributed by atoms with E-state index in [0.717, 1.165) is 29.7 Å². The third kappa shape index (κ3) is 3.52. The van der Waals surface area contributed by atoms with Gasteiger partial charge >= 0.3 is 0 Å². The van der Waals surface area contributed by atoms with Crippen LogP contribution in [0.1, 0.15) is 41.6 Å². The van der Waals surface area contributed by atoms with Crippen LogP contribution < -0.4 is 4.74 Å². The SMILES string of the molecule is O=C(c1ccc(OCc2ccccc2)cc1)C1CCCC1. The Morgan fingerprint density at radius 2 is 1.62 bits per heavy atom. The van der Waals surface area contributed by atoms with Crippen molar-refractivity contribution < 1.29 is 9.53 Å². The van der Waals surface area contributed by atoms with E-state index in [2.05, 4.69) is 0 Å². The molecule has 0 spiro atoms. The summed E-state index contributed by atoms with van der Waals surface area (Å²) in [7, 11) is 0. The van der Waals surface area contributed by atoms with E-state index in [4.69, 9.17) is 4.74 Å². The van der Waals surface area contributed by atoms with E-state index >= 15 is 0 Å². The molecule has 0 aliphatic heterocycles. The Morgan fingerprint density at radius 1 is 0.952 bits per heavy atom. The average Bonchev–Trinajstić information content (AvgIpc) is 3.08. The van der Waals surface area contributed by atoms with Gasteiger partial charge in [-0.2, -0.15) is 0 Å². The molecule has 108 valence electrons. The monoisotopic (exact) mass is 280 g/mol. The lowest BCUT2D eigenvalue weighted by Crippen LogP contribution is -2.10. The highest BCUT2D eigenvalue weighted by molar-refractivity contribution is 5.98. The lowest BCUT2D eigenvalue weighted by molar-refractivity contribution is 0.0923. The summed E-state index contributed by atoms with van der Waals surface area (Å²) in [6, 6.07) is 17.6. The van der Waals surface area contributed by atoms with Gasteiger partial charge in [-0.25, -0.2) is 0 Å². The molecule has 0 amide bonds. The van der Waals surface area contributed by atoms with Crippen molar-refractivity contribution in [3.63, 3.8) is 0 Å². The van der Waals surface area contributed by atoms with E-state index in [9.17, 15) is 4.79 Å². The van der Waals surface area contributed by atoms with Crippen LogP contribution in [0.25, 0.3) is 0 Å². The third-order valence-electron chi connectivity index (χ3n) is 4.11. The Kier molecular flexibility index (Phi) is 4.34. The lowest BCUT2D eigenvalue weighted by atomic mass is 9.96. The zero-order valence-electron chi connectivity index (χ0n) is 12.1. The minimum absolute atomic E-state index is 0.237. The summed E-state index contributed by atoms with van der Waals surface area (Å²) in [4.78, 5) is 12.3. The molecule has 2 heteroatoms. The number of Topliss-reactive ketones (excluding diaryl/α,β-unsaturated/α-hetero) is 1. The maximum atomic E-state index is 12.3. The van der Waals surface area contributed by atoms with Gasteiger partial charge in [0.2, 0.25) is 0 Å². The van der Waals surface area contributed by atoms with Crippen molar-refractivity contribution in [2.75, 3.05) is 0 Å². The van der Waals surface area contributed by atoms with E-state index in [0.29, 0.717) is 12.4 Å². The molecule has 0 N–H and O–H groups in total. The summed E-state index contributed by atoms with van der Waals surface area (Å²) in [5.41, 5.74) is 1.96. The normalized spacial score (nSPS) is 15.0. The second-order valence-electron chi connectivity index (χ2n) is 5.64. The quantitative estimate of drug-likeness (QED) is 0.746. The van der Waals surface area contributed by atoms with Gasteiger partial charge in [-0.05, 0) is 42.7 Å². The summed E-state index contributed by atoms with van der Waals surface area (Å²) in [6.45, 7) is 0.552. The first kappa shape index (κ1) is 13.9. The van der Waals surface area contributed by atoms with E-state index in [1.165, 1.54) is 12.8 Å². The molecule has 1 aliphatic carbocycles. The number of carbonyl (C=O) groups is 1. The van der Waals surface area contributed by atoms with E-state index in [1.54, 1.807) is 0 Å². The Hall–Kier alpha value is -2.09. The van der Waals surface area contributed by atoms with Gasteiger partial charge in [-0.3, -0.25) is 4.79 Å². The van der Waals surface area contributed by atoms with Gasteiger partial charge in [0.15, 0.2) is 5.78 Å². The van der Waals surface area contributed by atoms with Crippen molar-refractivity contribution in [2.24, 2.45) is 5.92 Å². The molecule has 1 aliphatic rings. The smallest absolute Gasteiger partial charge is 0.165 e. The van der Waals surface area contributed by atoms with E-state index in [-0.39, 0.29) is 5.92 Å². The first-order valence-corrected chi connectivity index (χ1v) is 7.64. The summed E-state index contributed by atoms with van der Waals surface area (Å²) in [5.74, 6) is 1.34. The molecule has 2 nitrogen and oxygen atoms in total. The van der Waals surface area contributed by atoms with Crippen LogP contribution in [-0.2, 0) is 6.61 Å². The van der Waals surface area contributed by atoms with Crippen molar-refractivity contribution in [1.29, 1.82) is 0 Å².